The van der Waals surface area contributed by atoms with Crippen molar-refractivity contribution in [2.45, 2.75) is 39.0 Å². The van der Waals surface area contributed by atoms with Crippen LogP contribution in [0.25, 0.3) is 0 Å². The Hall–Kier alpha value is -1.47. The van der Waals surface area contributed by atoms with Crippen molar-refractivity contribution < 1.29 is 4.74 Å². The van der Waals surface area contributed by atoms with Crippen LogP contribution >= 0.6 is 11.6 Å². The molecule has 106 valence electrons. The van der Waals surface area contributed by atoms with Gasteiger partial charge in [-0.25, -0.2) is 0 Å². The fraction of sp³-hybridized carbons (Fsp3) is 0.333. The van der Waals surface area contributed by atoms with E-state index in [-0.39, 0.29) is 0 Å². The summed E-state index contributed by atoms with van der Waals surface area (Å²) in [4.78, 5) is 0. The highest BCUT2D eigenvalue weighted by atomic mass is 35.5. The maximum atomic E-state index is 6.13. The lowest BCUT2D eigenvalue weighted by Gasteiger charge is -2.17. The molecule has 0 aliphatic carbocycles. The average Bonchev–Trinajstić information content (AvgIpc) is 2.48. The molecule has 0 aliphatic rings. The van der Waals surface area contributed by atoms with Crippen LogP contribution in [0.3, 0.4) is 0 Å². The van der Waals surface area contributed by atoms with Gasteiger partial charge in [-0.15, -0.1) is 11.6 Å². The summed E-state index contributed by atoms with van der Waals surface area (Å²) in [6.45, 7) is 6.48. The topological polar surface area (TPSA) is 9.23 Å². The van der Waals surface area contributed by atoms with Gasteiger partial charge in [-0.2, -0.15) is 0 Å². The number of ether oxygens (including phenoxy) is 1. The number of hydrogen-bond donors (Lipinski definition) is 0. The smallest absolute Gasteiger partial charge is 0.131 e. The Morgan fingerprint density at radius 2 is 1.85 bits per heavy atom. The molecule has 1 unspecified atom stereocenters. The second-order valence-electron chi connectivity index (χ2n) is 5.19. The molecule has 0 fully saturated rings. The van der Waals surface area contributed by atoms with Crippen LogP contribution < -0.4 is 4.74 Å². The first kappa shape index (κ1) is 14.9. The van der Waals surface area contributed by atoms with Crippen LogP contribution in [-0.4, -0.2) is 0 Å². The van der Waals surface area contributed by atoms with Gasteiger partial charge >= 0.3 is 0 Å². The standard InChI is InChI=1S/C18H21ClO/c1-4-14(3)16-7-5-6-8-18(16)20-17-10-9-13(2)11-15(17)12-19/h5-11,14H,4,12H2,1-3H3. The lowest BCUT2D eigenvalue weighted by Crippen LogP contribution is -1.97. The molecular formula is C18H21ClO. The zero-order chi connectivity index (χ0) is 14.5. The second-order valence-corrected chi connectivity index (χ2v) is 5.46. The Morgan fingerprint density at radius 1 is 1.10 bits per heavy atom. The van der Waals surface area contributed by atoms with Gasteiger partial charge in [0.15, 0.2) is 0 Å². The minimum atomic E-state index is 0.461. The predicted octanol–water partition coefficient (Wildman–Crippen LogP) is 6.04. The van der Waals surface area contributed by atoms with Crippen LogP contribution in [0.15, 0.2) is 42.5 Å². The van der Waals surface area contributed by atoms with E-state index in [1.54, 1.807) is 0 Å². The molecule has 2 aromatic carbocycles. The Labute approximate surface area is 126 Å². The lowest BCUT2D eigenvalue weighted by molar-refractivity contribution is 0.466. The summed E-state index contributed by atoms with van der Waals surface area (Å²) >= 11 is 6.02. The summed E-state index contributed by atoms with van der Waals surface area (Å²) in [6.07, 6.45) is 1.09. The molecule has 0 aromatic heterocycles. The molecule has 0 heterocycles. The van der Waals surface area contributed by atoms with Crippen molar-refractivity contribution in [2.75, 3.05) is 0 Å². The van der Waals surface area contributed by atoms with E-state index < -0.39 is 0 Å². The van der Waals surface area contributed by atoms with E-state index in [1.807, 2.05) is 18.2 Å². The van der Waals surface area contributed by atoms with Crippen LogP contribution in [0.5, 0.6) is 11.5 Å². The average molecular weight is 289 g/mol. The normalized spacial score (nSPS) is 12.2. The highest BCUT2D eigenvalue weighted by Gasteiger charge is 2.12. The molecule has 1 atom stereocenters. The Bertz CT molecular complexity index is 577. The SMILES string of the molecule is CCC(C)c1ccccc1Oc1ccc(C)cc1CCl. The van der Waals surface area contributed by atoms with E-state index in [2.05, 4.69) is 45.0 Å². The first-order chi connectivity index (χ1) is 9.65. The summed E-state index contributed by atoms with van der Waals surface area (Å²) in [5, 5.41) is 0. The van der Waals surface area contributed by atoms with E-state index >= 15 is 0 Å². The monoisotopic (exact) mass is 288 g/mol. The zero-order valence-corrected chi connectivity index (χ0v) is 13.1. The van der Waals surface area contributed by atoms with Gasteiger partial charge in [-0.3, -0.25) is 0 Å². The second kappa shape index (κ2) is 6.81. The molecule has 0 saturated carbocycles. The molecular weight excluding hydrogens is 268 g/mol. The quantitative estimate of drug-likeness (QED) is 0.609. The van der Waals surface area contributed by atoms with Gasteiger partial charge < -0.3 is 4.74 Å². The van der Waals surface area contributed by atoms with E-state index in [0.717, 1.165) is 23.5 Å². The van der Waals surface area contributed by atoms with Gasteiger partial charge in [-0.1, -0.05) is 49.7 Å². The van der Waals surface area contributed by atoms with Gasteiger partial charge in [0.25, 0.3) is 0 Å². The van der Waals surface area contributed by atoms with Crippen LogP contribution in [0, 0.1) is 6.92 Å². The summed E-state index contributed by atoms with van der Waals surface area (Å²) in [5.41, 5.74) is 3.48. The number of benzene rings is 2. The number of halogens is 1. The third-order valence-electron chi connectivity index (χ3n) is 3.64. The molecule has 1 nitrogen and oxygen atoms in total. The number of aryl methyl sites for hydroxylation is 1. The van der Waals surface area contributed by atoms with E-state index in [4.69, 9.17) is 16.3 Å². The Kier molecular flexibility index (Phi) is 5.08. The van der Waals surface area contributed by atoms with Crippen molar-refractivity contribution in [2.24, 2.45) is 0 Å². The fourth-order valence-electron chi connectivity index (χ4n) is 2.23. The summed E-state index contributed by atoms with van der Waals surface area (Å²) in [5.74, 6) is 2.72. The molecule has 0 bridgehead atoms. The van der Waals surface area contributed by atoms with Gasteiger partial charge in [0.05, 0.1) is 5.88 Å². The third kappa shape index (κ3) is 3.34. The first-order valence-electron chi connectivity index (χ1n) is 7.08. The first-order valence-corrected chi connectivity index (χ1v) is 7.61. The van der Waals surface area contributed by atoms with Crippen LogP contribution in [0.4, 0.5) is 0 Å². The predicted molar refractivity (Wildman–Crippen MR) is 86.0 cm³/mol. The summed E-state index contributed by atoms with van der Waals surface area (Å²) < 4.78 is 6.13. The maximum Gasteiger partial charge on any atom is 0.131 e. The molecule has 2 heteroatoms. The minimum Gasteiger partial charge on any atom is -0.457 e. The van der Waals surface area contributed by atoms with Gasteiger partial charge in [0.2, 0.25) is 0 Å². The van der Waals surface area contributed by atoms with Gasteiger partial charge in [0.1, 0.15) is 11.5 Å². The van der Waals surface area contributed by atoms with Gasteiger partial charge in [-0.05, 0) is 37.0 Å². The van der Waals surface area contributed by atoms with Crippen molar-refractivity contribution in [3.8, 4) is 11.5 Å². The number of rotatable bonds is 5. The highest BCUT2D eigenvalue weighted by Crippen LogP contribution is 2.34. The molecule has 0 saturated heterocycles. The van der Waals surface area contributed by atoms with Crippen LogP contribution in [0.2, 0.25) is 0 Å². The Balaban J connectivity index is 2.35. The molecule has 0 N–H and O–H groups in total. The van der Waals surface area contributed by atoms with Gasteiger partial charge in [0, 0.05) is 5.56 Å². The van der Waals surface area contributed by atoms with E-state index in [0.29, 0.717) is 11.8 Å². The molecule has 0 amide bonds. The number of para-hydroxylation sites is 1. The van der Waals surface area contributed by atoms with Crippen molar-refractivity contribution in [3.05, 3.63) is 59.2 Å². The third-order valence-corrected chi connectivity index (χ3v) is 3.93. The summed E-state index contributed by atoms with van der Waals surface area (Å²) in [7, 11) is 0. The Morgan fingerprint density at radius 3 is 2.55 bits per heavy atom. The maximum absolute atomic E-state index is 6.13. The molecule has 20 heavy (non-hydrogen) atoms. The summed E-state index contributed by atoms with van der Waals surface area (Å²) in [6, 6.07) is 14.4. The van der Waals surface area contributed by atoms with Crippen molar-refractivity contribution in [1.29, 1.82) is 0 Å². The van der Waals surface area contributed by atoms with Crippen molar-refractivity contribution >= 4 is 11.6 Å². The number of alkyl halides is 1. The lowest BCUT2D eigenvalue weighted by atomic mass is 9.98. The molecule has 0 radical (unpaired) electrons. The van der Waals surface area contributed by atoms with Crippen molar-refractivity contribution in [3.63, 3.8) is 0 Å². The highest BCUT2D eigenvalue weighted by molar-refractivity contribution is 6.17. The number of hydrogen-bond acceptors (Lipinski definition) is 1. The van der Waals surface area contributed by atoms with E-state index in [9.17, 15) is 0 Å². The molecule has 0 aliphatic heterocycles. The molecule has 2 rings (SSSR count). The largest absolute Gasteiger partial charge is 0.457 e. The fourth-order valence-corrected chi connectivity index (χ4v) is 2.44. The van der Waals surface area contributed by atoms with Crippen LogP contribution in [-0.2, 0) is 5.88 Å². The van der Waals surface area contributed by atoms with E-state index in [1.165, 1.54) is 11.1 Å². The molecule has 0 spiro atoms. The van der Waals surface area contributed by atoms with Crippen LogP contribution in [0.1, 0.15) is 42.9 Å². The molecule has 2 aromatic rings. The zero-order valence-electron chi connectivity index (χ0n) is 12.3. The minimum absolute atomic E-state index is 0.461. The van der Waals surface area contributed by atoms with Crippen molar-refractivity contribution in [1.82, 2.24) is 0 Å².